The first-order valence-corrected chi connectivity index (χ1v) is 5.78. The van der Waals surface area contributed by atoms with Crippen molar-refractivity contribution in [2.24, 2.45) is 5.73 Å². The minimum absolute atomic E-state index is 0.0102. The van der Waals surface area contributed by atoms with Crippen LogP contribution < -0.4 is 5.73 Å². The number of aldehydes is 1. The third kappa shape index (κ3) is 2.68. The Kier molecular flexibility index (Phi) is 3.70. The molecule has 0 saturated carbocycles. The number of nitrogens with two attached hydrogens (primary N) is 1. The fourth-order valence-corrected chi connectivity index (χ4v) is 2.23. The van der Waals surface area contributed by atoms with Gasteiger partial charge >= 0.3 is 0 Å². The summed E-state index contributed by atoms with van der Waals surface area (Å²) in [5.41, 5.74) is 7.13. The van der Waals surface area contributed by atoms with Crippen molar-refractivity contribution in [2.75, 3.05) is 6.54 Å². The van der Waals surface area contributed by atoms with Crippen molar-refractivity contribution in [1.82, 2.24) is 4.90 Å². The van der Waals surface area contributed by atoms with Crippen LogP contribution in [0.25, 0.3) is 0 Å². The number of piperidine rings is 1. The summed E-state index contributed by atoms with van der Waals surface area (Å²) in [6, 6.07) is 10.4. The number of likely N-dealkylation sites (tertiary alicyclic amines) is 1. The lowest BCUT2D eigenvalue weighted by Gasteiger charge is -2.35. The first-order valence-electron chi connectivity index (χ1n) is 5.78. The Balaban J connectivity index is 2.01. The van der Waals surface area contributed by atoms with Crippen LogP contribution in [0.1, 0.15) is 18.4 Å². The van der Waals surface area contributed by atoms with Gasteiger partial charge in [-0.3, -0.25) is 4.90 Å². The van der Waals surface area contributed by atoms with Gasteiger partial charge in [-0.25, -0.2) is 0 Å². The Hall–Kier alpha value is -1.19. The van der Waals surface area contributed by atoms with E-state index in [2.05, 4.69) is 17.0 Å². The van der Waals surface area contributed by atoms with Gasteiger partial charge in [-0.2, -0.15) is 0 Å². The number of nitrogens with zero attached hydrogens (tertiary/aromatic N) is 1. The molecule has 0 bridgehead atoms. The molecular weight excluding hydrogens is 200 g/mol. The van der Waals surface area contributed by atoms with Gasteiger partial charge in [0.15, 0.2) is 0 Å². The van der Waals surface area contributed by atoms with Gasteiger partial charge in [0.1, 0.15) is 6.29 Å². The molecule has 0 spiro atoms. The quantitative estimate of drug-likeness (QED) is 0.775. The number of benzene rings is 1. The maximum Gasteiger partial charge on any atom is 0.137 e. The number of carbonyl (C=O) groups excluding carboxylic acids is 1. The normalized spacial score (nSPS) is 26.6. The zero-order chi connectivity index (χ0) is 11.4. The molecule has 3 heteroatoms. The summed E-state index contributed by atoms with van der Waals surface area (Å²) in [5, 5.41) is 0. The fraction of sp³-hybridized carbons (Fsp3) is 0.462. The Morgan fingerprint density at radius 3 is 2.81 bits per heavy atom. The lowest BCUT2D eigenvalue weighted by molar-refractivity contribution is -0.113. The minimum Gasteiger partial charge on any atom is -0.328 e. The fourth-order valence-electron chi connectivity index (χ4n) is 2.23. The molecular formula is C13H18N2O. The van der Waals surface area contributed by atoms with Crippen LogP contribution in [-0.4, -0.2) is 29.8 Å². The number of hydrogen-bond acceptors (Lipinski definition) is 3. The standard InChI is InChI=1S/C13H18N2O/c14-12-6-7-15(13(8-12)10-16)9-11-4-2-1-3-5-11/h1-5,10,12-13H,6-9,14H2. The first kappa shape index (κ1) is 11.3. The highest BCUT2D eigenvalue weighted by atomic mass is 16.1. The molecule has 2 rings (SSSR count). The third-order valence-electron chi connectivity index (χ3n) is 3.19. The summed E-state index contributed by atoms with van der Waals surface area (Å²) in [7, 11) is 0. The molecule has 1 saturated heterocycles. The van der Waals surface area contributed by atoms with Crippen LogP contribution >= 0.6 is 0 Å². The lowest BCUT2D eigenvalue weighted by Crippen LogP contribution is -2.47. The second kappa shape index (κ2) is 5.23. The monoisotopic (exact) mass is 218 g/mol. The van der Waals surface area contributed by atoms with Crippen molar-refractivity contribution in [2.45, 2.75) is 31.5 Å². The lowest BCUT2D eigenvalue weighted by atomic mass is 9.98. The van der Waals surface area contributed by atoms with Crippen molar-refractivity contribution in [3.05, 3.63) is 35.9 Å². The molecule has 1 heterocycles. The highest BCUT2D eigenvalue weighted by molar-refractivity contribution is 5.58. The molecule has 1 aliphatic heterocycles. The molecule has 2 N–H and O–H groups in total. The van der Waals surface area contributed by atoms with Gasteiger partial charge in [0.25, 0.3) is 0 Å². The summed E-state index contributed by atoms with van der Waals surface area (Å²) >= 11 is 0. The third-order valence-corrected chi connectivity index (χ3v) is 3.19. The zero-order valence-electron chi connectivity index (χ0n) is 9.38. The molecule has 0 radical (unpaired) electrons. The summed E-state index contributed by atoms with van der Waals surface area (Å²) in [4.78, 5) is 13.2. The second-order valence-electron chi connectivity index (χ2n) is 4.44. The van der Waals surface area contributed by atoms with Gasteiger partial charge < -0.3 is 10.5 Å². The molecule has 1 aromatic rings. The minimum atomic E-state index is -0.0102. The van der Waals surface area contributed by atoms with Crippen molar-refractivity contribution in [3.8, 4) is 0 Å². The van der Waals surface area contributed by atoms with Crippen LogP contribution in [-0.2, 0) is 11.3 Å². The number of hydrogen-bond donors (Lipinski definition) is 1. The van der Waals surface area contributed by atoms with Gasteiger partial charge in [-0.15, -0.1) is 0 Å². The number of rotatable bonds is 3. The molecule has 86 valence electrons. The van der Waals surface area contributed by atoms with Crippen molar-refractivity contribution in [1.29, 1.82) is 0 Å². The van der Waals surface area contributed by atoms with Crippen LogP contribution in [0.4, 0.5) is 0 Å². The Bertz CT molecular complexity index is 339. The summed E-state index contributed by atoms with van der Waals surface area (Å²) in [5.74, 6) is 0. The topological polar surface area (TPSA) is 46.3 Å². The van der Waals surface area contributed by atoms with E-state index in [0.717, 1.165) is 32.2 Å². The van der Waals surface area contributed by atoms with Crippen molar-refractivity contribution in [3.63, 3.8) is 0 Å². The Morgan fingerprint density at radius 1 is 1.38 bits per heavy atom. The summed E-state index contributed by atoms with van der Waals surface area (Å²) in [6.45, 7) is 1.76. The highest BCUT2D eigenvalue weighted by Crippen LogP contribution is 2.17. The average Bonchev–Trinajstić information content (AvgIpc) is 2.33. The van der Waals surface area contributed by atoms with E-state index in [-0.39, 0.29) is 12.1 Å². The van der Waals surface area contributed by atoms with Gasteiger partial charge in [-0.1, -0.05) is 30.3 Å². The van der Waals surface area contributed by atoms with E-state index < -0.39 is 0 Å². The molecule has 2 atom stereocenters. The molecule has 1 aliphatic rings. The van der Waals surface area contributed by atoms with Gasteiger partial charge in [0.2, 0.25) is 0 Å². The Morgan fingerprint density at radius 2 is 2.12 bits per heavy atom. The first-order chi connectivity index (χ1) is 7.79. The maximum atomic E-state index is 11.0. The summed E-state index contributed by atoms with van der Waals surface area (Å²) < 4.78 is 0. The molecule has 1 aromatic carbocycles. The van der Waals surface area contributed by atoms with E-state index in [1.807, 2.05) is 18.2 Å². The van der Waals surface area contributed by atoms with Crippen molar-refractivity contribution < 1.29 is 4.79 Å². The van der Waals surface area contributed by atoms with Crippen LogP contribution in [0.5, 0.6) is 0 Å². The molecule has 0 aromatic heterocycles. The SMILES string of the molecule is NC1CCN(Cc2ccccc2)C(C=O)C1. The smallest absolute Gasteiger partial charge is 0.137 e. The number of carbonyl (C=O) groups is 1. The molecule has 1 fully saturated rings. The zero-order valence-corrected chi connectivity index (χ0v) is 9.38. The van der Waals surface area contributed by atoms with Gasteiger partial charge in [-0.05, 0) is 18.4 Å². The van der Waals surface area contributed by atoms with Crippen molar-refractivity contribution >= 4 is 6.29 Å². The highest BCUT2D eigenvalue weighted by Gasteiger charge is 2.25. The average molecular weight is 218 g/mol. The molecule has 3 nitrogen and oxygen atoms in total. The molecule has 0 aliphatic carbocycles. The summed E-state index contributed by atoms with van der Waals surface area (Å²) in [6.07, 6.45) is 2.80. The molecule has 16 heavy (non-hydrogen) atoms. The van der Waals surface area contributed by atoms with Crippen LogP contribution in [0, 0.1) is 0 Å². The van der Waals surface area contributed by atoms with E-state index in [0.29, 0.717) is 0 Å². The van der Waals surface area contributed by atoms with E-state index >= 15 is 0 Å². The van der Waals surface area contributed by atoms with Crippen LogP contribution in [0.2, 0.25) is 0 Å². The largest absolute Gasteiger partial charge is 0.328 e. The second-order valence-corrected chi connectivity index (χ2v) is 4.44. The Labute approximate surface area is 96.2 Å². The molecule has 2 unspecified atom stereocenters. The predicted octanol–water partition coefficient (Wildman–Crippen LogP) is 1.18. The van der Waals surface area contributed by atoms with Gasteiger partial charge in [0.05, 0.1) is 6.04 Å². The molecule has 0 amide bonds. The van der Waals surface area contributed by atoms with E-state index in [4.69, 9.17) is 5.73 Å². The van der Waals surface area contributed by atoms with Crippen LogP contribution in [0.3, 0.4) is 0 Å². The van der Waals surface area contributed by atoms with Crippen LogP contribution in [0.15, 0.2) is 30.3 Å². The van der Waals surface area contributed by atoms with Gasteiger partial charge in [0, 0.05) is 19.1 Å². The predicted molar refractivity (Wildman–Crippen MR) is 63.9 cm³/mol. The maximum absolute atomic E-state index is 11.0. The van der Waals surface area contributed by atoms with E-state index in [1.165, 1.54) is 5.56 Å². The van der Waals surface area contributed by atoms with E-state index in [1.54, 1.807) is 0 Å². The van der Waals surface area contributed by atoms with E-state index in [9.17, 15) is 4.79 Å².